The second kappa shape index (κ2) is 11.4. The van der Waals surface area contributed by atoms with E-state index >= 15 is 0 Å². The quantitative estimate of drug-likeness (QED) is 0.255. The Labute approximate surface area is 223 Å². The van der Waals surface area contributed by atoms with Crippen LogP contribution in [-0.4, -0.2) is 34.5 Å². The number of carbonyl (C=O) groups excluding carboxylic acids is 4. The molecular formula is C28H36N4O4S. The van der Waals surface area contributed by atoms with E-state index in [1.165, 1.54) is 0 Å². The zero-order valence-corrected chi connectivity index (χ0v) is 22.7. The number of primary amides is 1. The van der Waals surface area contributed by atoms with Crippen molar-refractivity contribution in [3.05, 3.63) is 65.2 Å². The Morgan fingerprint density at radius 3 is 2.43 bits per heavy atom. The molecule has 2 aromatic rings. The number of hydrogen-bond acceptors (Lipinski definition) is 5. The Morgan fingerprint density at radius 2 is 1.81 bits per heavy atom. The molecule has 2 aromatic carbocycles. The summed E-state index contributed by atoms with van der Waals surface area (Å²) in [5.74, 6) is -2.59. The molecule has 2 unspecified atom stereocenters. The van der Waals surface area contributed by atoms with E-state index in [1.807, 2.05) is 76.2 Å². The molecule has 0 bridgehead atoms. The van der Waals surface area contributed by atoms with Crippen LogP contribution in [0.5, 0.6) is 0 Å². The zero-order valence-electron chi connectivity index (χ0n) is 21.8. The van der Waals surface area contributed by atoms with Crippen LogP contribution in [0.25, 0.3) is 0 Å². The fourth-order valence-corrected chi connectivity index (χ4v) is 4.81. The lowest BCUT2D eigenvalue weighted by Crippen LogP contribution is -2.60. The predicted molar refractivity (Wildman–Crippen MR) is 147 cm³/mol. The summed E-state index contributed by atoms with van der Waals surface area (Å²) in [6, 6.07) is 13.8. The topological polar surface area (TPSA) is 130 Å². The van der Waals surface area contributed by atoms with Crippen LogP contribution in [-0.2, 0) is 32.0 Å². The molecule has 198 valence electrons. The van der Waals surface area contributed by atoms with Crippen molar-refractivity contribution in [2.45, 2.75) is 64.3 Å². The highest BCUT2D eigenvalue weighted by Crippen LogP contribution is 2.29. The molecule has 1 aliphatic rings. The van der Waals surface area contributed by atoms with Gasteiger partial charge in [0.15, 0.2) is 4.87 Å². The predicted octanol–water partition coefficient (Wildman–Crippen LogP) is 2.89. The van der Waals surface area contributed by atoms with Crippen molar-refractivity contribution in [2.24, 2.45) is 17.1 Å². The summed E-state index contributed by atoms with van der Waals surface area (Å²) in [6.45, 7) is 7.72. The summed E-state index contributed by atoms with van der Waals surface area (Å²) in [6.07, 6.45) is 0.699. The van der Waals surface area contributed by atoms with Crippen molar-refractivity contribution >= 4 is 41.9 Å². The number of fused-ring (bicyclic) bond motifs is 1. The monoisotopic (exact) mass is 524 g/mol. The number of thiol groups is 1. The molecule has 0 saturated heterocycles. The minimum absolute atomic E-state index is 0.0193. The summed E-state index contributed by atoms with van der Waals surface area (Å²) in [5.41, 5.74) is 8.88. The number of hydrogen-bond donors (Lipinski definition) is 5. The molecule has 0 saturated carbocycles. The van der Waals surface area contributed by atoms with E-state index in [1.54, 1.807) is 0 Å². The highest BCUT2D eigenvalue weighted by molar-refractivity contribution is 7.82. The first-order valence-corrected chi connectivity index (χ1v) is 12.8. The van der Waals surface area contributed by atoms with Crippen LogP contribution in [0.2, 0.25) is 0 Å². The number of nitrogens with one attached hydrogen (secondary N) is 3. The maximum absolute atomic E-state index is 13.5. The molecule has 4 amide bonds. The molecule has 3 rings (SSSR count). The Hall–Kier alpha value is -3.33. The normalized spacial score (nSPS) is 17.5. The molecule has 1 heterocycles. The Morgan fingerprint density at radius 1 is 1.14 bits per heavy atom. The van der Waals surface area contributed by atoms with Crippen molar-refractivity contribution in [1.29, 1.82) is 0 Å². The first-order chi connectivity index (χ1) is 17.3. The number of rotatable bonds is 9. The van der Waals surface area contributed by atoms with Gasteiger partial charge in [-0.15, -0.1) is 12.6 Å². The van der Waals surface area contributed by atoms with Gasteiger partial charge >= 0.3 is 0 Å². The SMILES string of the molecule is Cc1ccc2c(c1)CC(CC(NC(=O)[C@@](S)(Cc1ccccc1)NC(=O)CC(C)(C)C)C(N)=O)C(=O)N2. The molecular weight excluding hydrogens is 488 g/mol. The van der Waals surface area contributed by atoms with E-state index in [-0.39, 0.29) is 36.5 Å². The van der Waals surface area contributed by atoms with E-state index in [0.29, 0.717) is 6.42 Å². The average Bonchev–Trinajstić information content (AvgIpc) is 2.78. The van der Waals surface area contributed by atoms with E-state index < -0.39 is 28.6 Å². The zero-order chi connectivity index (χ0) is 27.4. The molecule has 0 aliphatic carbocycles. The molecule has 5 N–H and O–H groups in total. The summed E-state index contributed by atoms with van der Waals surface area (Å²) in [7, 11) is 0. The van der Waals surface area contributed by atoms with Crippen LogP contribution >= 0.6 is 12.6 Å². The van der Waals surface area contributed by atoms with Gasteiger partial charge in [-0.05, 0) is 42.4 Å². The summed E-state index contributed by atoms with van der Waals surface area (Å²) in [4.78, 5) is 49.8. The number of nitrogens with two attached hydrogens (primary N) is 1. The van der Waals surface area contributed by atoms with Crippen molar-refractivity contribution in [2.75, 3.05) is 5.32 Å². The van der Waals surface area contributed by atoms with Gasteiger partial charge < -0.3 is 21.7 Å². The van der Waals surface area contributed by atoms with Crippen LogP contribution < -0.4 is 21.7 Å². The second-order valence-electron chi connectivity index (χ2n) is 11.0. The van der Waals surface area contributed by atoms with Gasteiger partial charge in [0.2, 0.25) is 17.7 Å². The smallest absolute Gasteiger partial charge is 0.257 e. The third-order valence-electron chi connectivity index (χ3n) is 6.24. The molecule has 0 fully saturated rings. The van der Waals surface area contributed by atoms with Crippen LogP contribution in [0.1, 0.15) is 50.3 Å². The lowest BCUT2D eigenvalue weighted by molar-refractivity contribution is -0.133. The highest BCUT2D eigenvalue weighted by Gasteiger charge is 2.40. The van der Waals surface area contributed by atoms with Crippen molar-refractivity contribution < 1.29 is 19.2 Å². The van der Waals surface area contributed by atoms with Gasteiger partial charge in [-0.3, -0.25) is 19.2 Å². The molecule has 3 atom stereocenters. The lowest BCUT2D eigenvalue weighted by Gasteiger charge is -2.33. The van der Waals surface area contributed by atoms with Gasteiger partial charge in [0.25, 0.3) is 5.91 Å². The van der Waals surface area contributed by atoms with Crippen molar-refractivity contribution in [3.63, 3.8) is 0 Å². The van der Waals surface area contributed by atoms with Crippen molar-refractivity contribution in [3.8, 4) is 0 Å². The largest absolute Gasteiger partial charge is 0.368 e. The molecule has 0 spiro atoms. The van der Waals surface area contributed by atoms with Gasteiger partial charge in [-0.25, -0.2) is 0 Å². The molecule has 0 aromatic heterocycles. The van der Waals surface area contributed by atoms with E-state index in [0.717, 1.165) is 22.4 Å². The number of amides is 4. The Kier molecular flexibility index (Phi) is 8.68. The van der Waals surface area contributed by atoms with Crippen LogP contribution in [0.15, 0.2) is 48.5 Å². The van der Waals surface area contributed by atoms with Gasteiger partial charge in [0.1, 0.15) is 6.04 Å². The van der Waals surface area contributed by atoms with Gasteiger partial charge in [-0.2, -0.15) is 0 Å². The van der Waals surface area contributed by atoms with E-state index in [9.17, 15) is 19.2 Å². The lowest BCUT2D eigenvalue weighted by atomic mass is 9.87. The third-order valence-corrected chi connectivity index (χ3v) is 6.71. The molecule has 37 heavy (non-hydrogen) atoms. The van der Waals surface area contributed by atoms with E-state index in [4.69, 9.17) is 5.73 Å². The van der Waals surface area contributed by atoms with Crippen LogP contribution in [0, 0.1) is 18.3 Å². The average molecular weight is 525 g/mol. The van der Waals surface area contributed by atoms with Gasteiger partial charge in [0.05, 0.1) is 0 Å². The Bertz CT molecular complexity index is 1180. The minimum Gasteiger partial charge on any atom is -0.368 e. The Balaban J connectivity index is 1.80. The van der Waals surface area contributed by atoms with Crippen molar-refractivity contribution in [1.82, 2.24) is 10.6 Å². The molecule has 8 nitrogen and oxygen atoms in total. The van der Waals surface area contributed by atoms with Gasteiger partial charge in [-0.1, -0.05) is 68.8 Å². The standard InChI is InChI=1S/C28H36N4O4S/c1-17-10-11-21-19(12-17)13-20(25(35)30-21)14-22(24(29)34)31-26(36)28(37,15-18-8-6-5-7-9-18)32-23(33)16-27(2,3)4/h5-12,20,22,37H,13-16H2,1-4H3,(H2,29,34)(H,30,35)(H,31,36)(H,32,33)/t20?,22?,28-/m0/s1. The summed E-state index contributed by atoms with van der Waals surface area (Å²) < 4.78 is 0. The number of aryl methyl sites for hydroxylation is 1. The number of anilines is 1. The summed E-state index contributed by atoms with van der Waals surface area (Å²) >= 11 is 4.61. The maximum atomic E-state index is 13.5. The molecule has 1 aliphatic heterocycles. The third kappa shape index (κ3) is 7.82. The minimum atomic E-state index is -1.64. The van der Waals surface area contributed by atoms with Crippen LogP contribution in [0.4, 0.5) is 5.69 Å². The van der Waals surface area contributed by atoms with E-state index in [2.05, 4.69) is 28.6 Å². The molecule has 0 radical (unpaired) electrons. The fraction of sp³-hybridized carbons (Fsp3) is 0.429. The first-order valence-electron chi connectivity index (χ1n) is 12.3. The number of benzene rings is 2. The maximum Gasteiger partial charge on any atom is 0.257 e. The van der Waals surface area contributed by atoms with Gasteiger partial charge in [0, 0.05) is 24.4 Å². The van der Waals surface area contributed by atoms with Crippen LogP contribution in [0.3, 0.4) is 0 Å². The molecule has 9 heteroatoms. The first kappa shape index (κ1) is 28.2. The fourth-order valence-electron chi connectivity index (χ4n) is 4.43. The number of carbonyl (C=O) groups is 4. The highest BCUT2D eigenvalue weighted by atomic mass is 32.1. The second-order valence-corrected chi connectivity index (χ2v) is 11.8. The summed E-state index contributed by atoms with van der Waals surface area (Å²) in [5, 5.41) is 8.29.